The summed E-state index contributed by atoms with van der Waals surface area (Å²) < 4.78 is 41.0. The number of benzene rings is 2. The van der Waals surface area contributed by atoms with Crippen LogP contribution in [0.1, 0.15) is 113 Å². The molecule has 4 fully saturated rings. The number of aromatic nitrogens is 2. The zero-order chi connectivity index (χ0) is 47.0. The largest absolute Gasteiger partial charge is 0.496 e. The Labute approximate surface area is 396 Å². The van der Waals surface area contributed by atoms with E-state index < -0.39 is 62.6 Å². The van der Waals surface area contributed by atoms with Gasteiger partial charge in [0.25, 0.3) is 5.91 Å². The smallest absolute Gasteiger partial charge is 0.318 e. The second kappa shape index (κ2) is 19.2. The van der Waals surface area contributed by atoms with Crippen LogP contribution in [0.25, 0.3) is 21.6 Å². The molecule has 5 atom stereocenters. The number of thiazole rings is 1. The zero-order valence-corrected chi connectivity index (χ0v) is 40.3. The summed E-state index contributed by atoms with van der Waals surface area (Å²) in [6.07, 6.45) is 9.31. The van der Waals surface area contributed by atoms with Crippen LogP contribution in [-0.4, -0.2) is 108 Å². The minimum atomic E-state index is -3.92. The number of likely N-dealkylation sites (tertiary alicyclic amines) is 1. The molecule has 2 saturated carbocycles. The number of sulfonamides is 1. The summed E-state index contributed by atoms with van der Waals surface area (Å²) in [6.45, 7) is 7.19. The fraction of sp³-hybridized carbons (Fsp3) is 0.520. The minimum Gasteiger partial charge on any atom is -0.496 e. The van der Waals surface area contributed by atoms with Gasteiger partial charge in [-0.1, -0.05) is 69.2 Å². The van der Waals surface area contributed by atoms with Gasteiger partial charge in [-0.2, -0.15) is 0 Å². The van der Waals surface area contributed by atoms with Crippen molar-refractivity contribution < 1.29 is 37.1 Å². The summed E-state index contributed by atoms with van der Waals surface area (Å²) in [5, 5.41) is 8.88. The first kappa shape index (κ1) is 46.6. The van der Waals surface area contributed by atoms with Crippen molar-refractivity contribution in [2.75, 3.05) is 26.7 Å². The first-order valence-corrected chi connectivity index (χ1v) is 26.2. The highest BCUT2D eigenvalue weighted by Crippen LogP contribution is 2.46. The number of methoxy groups -OCH3 is 1. The molecule has 4 aromatic rings. The van der Waals surface area contributed by atoms with E-state index >= 15 is 4.79 Å². The summed E-state index contributed by atoms with van der Waals surface area (Å²) in [5.41, 5.74) is 2.75. The lowest BCUT2D eigenvalue weighted by atomic mass is 9.89. The third-order valence-electron chi connectivity index (χ3n) is 14.2. The molecule has 0 unspecified atom stereocenters. The molecule has 15 nitrogen and oxygen atoms in total. The Balaban J connectivity index is 1.03. The van der Waals surface area contributed by atoms with Gasteiger partial charge in [0.15, 0.2) is 0 Å². The summed E-state index contributed by atoms with van der Waals surface area (Å²) in [6, 6.07) is 13.5. The highest BCUT2D eigenvalue weighted by molar-refractivity contribution is 7.91. The molecule has 5 heterocycles. The molecule has 356 valence electrons. The van der Waals surface area contributed by atoms with Crippen molar-refractivity contribution in [2.24, 2.45) is 5.92 Å². The van der Waals surface area contributed by atoms with E-state index in [0.29, 0.717) is 79.2 Å². The average molecular weight is 952 g/mol. The molecule has 2 aliphatic carbocycles. The first-order chi connectivity index (χ1) is 32.2. The van der Waals surface area contributed by atoms with Gasteiger partial charge in [-0.3, -0.25) is 19.1 Å². The van der Waals surface area contributed by atoms with Crippen LogP contribution in [0.4, 0.5) is 4.79 Å². The van der Waals surface area contributed by atoms with Crippen LogP contribution in [0.15, 0.2) is 66.1 Å². The van der Waals surface area contributed by atoms with Crippen LogP contribution >= 0.6 is 11.3 Å². The average Bonchev–Trinajstić information content (AvgIpc) is 4.20. The molecule has 9 rings (SSSR count). The Morgan fingerprint density at radius 2 is 1.75 bits per heavy atom. The van der Waals surface area contributed by atoms with Gasteiger partial charge in [-0.05, 0) is 87.8 Å². The van der Waals surface area contributed by atoms with E-state index in [1.165, 1.54) is 21.8 Å². The second-order valence-corrected chi connectivity index (χ2v) is 22.0. The number of carbonyl (C=O) groups is 4. The normalized spacial score (nSPS) is 25.6. The lowest BCUT2D eigenvalue weighted by Crippen LogP contribution is -2.59. The number of fused-ring (bicyclic) bond motifs is 3. The molecule has 2 aromatic carbocycles. The van der Waals surface area contributed by atoms with Crippen LogP contribution in [0.2, 0.25) is 0 Å². The Morgan fingerprint density at radius 3 is 2.46 bits per heavy atom. The molecule has 2 saturated heterocycles. The second-order valence-electron chi connectivity index (χ2n) is 19.2. The number of urea groups is 1. The van der Waals surface area contributed by atoms with Crippen molar-refractivity contribution in [3.05, 3.63) is 82.9 Å². The van der Waals surface area contributed by atoms with Crippen molar-refractivity contribution in [1.82, 2.24) is 35.1 Å². The Hall–Kier alpha value is -5.55. The number of carbonyl (C=O) groups excluding carboxylic acids is 4. The van der Waals surface area contributed by atoms with Gasteiger partial charge in [0.1, 0.15) is 45.9 Å². The Kier molecular flexibility index (Phi) is 13.4. The number of hydrogen-bond donors (Lipinski definition) is 3. The van der Waals surface area contributed by atoms with Gasteiger partial charge in [0, 0.05) is 47.8 Å². The maximum absolute atomic E-state index is 15.1. The number of amides is 5. The van der Waals surface area contributed by atoms with Crippen LogP contribution in [0.3, 0.4) is 0 Å². The minimum absolute atomic E-state index is 0.00732. The van der Waals surface area contributed by atoms with E-state index in [1.54, 1.807) is 12.0 Å². The molecule has 67 heavy (non-hydrogen) atoms. The predicted octanol–water partition coefficient (Wildman–Crippen LogP) is 7.11. The maximum Gasteiger partial charge on any atom is 0.318 e. The summed E-state index contributed by atoms with van der Waals surface area (Å²) in [4.78, 5) is 71.2. The van der Waals surface area contributed by atoms with Gasteiger partial charge in [0.2, 0.25) is 21.8 Å². The fourth-order valence-corrected chi connectivity index (χ4v) is 12.2. The quantitative estimate of drug-likeness (QED) is 0.138. The molecule has 2 aromatic heterocycles. The molecule has 3 aliphatic heterocycles. The summed E-state index contributed by atoms with van der Waals surface area (Å²) in [5.74, 6) is -0.526. The monoisotopic (exact) mass is 951 g/mol. The van der Waals surface area contributed by atoms with E-state index in [-0.39, 0.29) is 31.3 Å². The van der Waals surface area contributed by atoms with Crippen LogP contribution in [0.5, 0.6) is 11.5 Å². The summed E-state index contributed by atoms with van der Waals surface area (Å²) >= 11 is 1.49. The fourth-order valence-electron chi connectivity index (χ4n) is 9.88. The molecule has 17 heteroatoms. The maximum atomic E-state index is 15.1. The van der Waals surface area contributed by atoms with Gasteiger partial charge < -0.3 is 29.9 Å². The zero-order valence-electron chi connectivity index (χ0n) is 38.7. The van der Waals surface area contributed by atoms with E-state index in [9.17, 15) is 22.8 Å². The number of nitrogens with one attached hydrogen (secondary N) is 3. The van der Waals surface area contributed by atoms with Crippen molar-refractivity contribution in [1.29, 1.82) is 0 Å². The van der Waals surface area contributed by atoms with Crippen molar-refractivity contribution >= 4 is 56.0 Å². The van der Waals surface area contributed by atoms with Crippen molar-refractivity contribution in [2.45, 2.75) is 132 Å². The number of allylic oxidation sites excluding steroid dienone is 1. The van der Waals surface area contributed by atoms with Gasteiger partial charge in [0.05, 0.1) is 30.1 Å². The van der Waals surface area contributed by atoms with Crippen molar-refractivity contribution in [3.63, 3.8) is 0 Å². The number of aryl methyl sites for hydroxylation is 1. The summed E-state index contributed by atoms with van der Waals surface area (Å²) in [7, 11) is -2.31. The van der Waals surface area contributed by atoms with Crippen molar-refractivity contribution in [3.8, 4) is 22.2 Å². The number of piperidine rings is 1. The lowest BCUT2D eigenvalue weighted by Gasteiger charge is -2.34. The lowest BCUT2D eigenvalue weighted by molar-refractivity contribution is -0.141. The Bertz CT molecular complexity index is 2660. The molecule has 5 aliphatic rings. The molecule has 3 N–H and O–H groups in total. The standard InChI is InChI=1S/C50H61N7O8S2/c1-30(2)40-29-66-46(52-40)39-26-43(37-19-20-42(64-4)31(3)44(37)51-39)65-35-25-41-45(58)54-50(48(60)55-67(62,63)36-17-18-36)27-34(50)15-11-6-5-7-12-16-38(47(59)57(41)28-35)53-49(61)56-23-21-33(22-24-56)32-13-9-8-10-14-32/h8-11,13-15,19-20,26,29-30,33-36,38,41H,5-7,12,16-18,21-25,27-28H2,1-4H3,(H,53,61)(H,54,58)(H,55,60)/b15-11+/t34-,35-,38+,41+,50-/m1/s1. The van der Waals surface area contributed by atoms with Crippen LogP contribution < -0.4 is 24.8 Å². The SMILES string of the molecule is COc1ccc2c(O[C@@H]3C[C@H]4C(=O)N[C@]5(C(=O)NS(=O)(=O)C6CC6)C[C@H]5/C=C/CCCCC[C@H](NC(=O)N5CCC(c6ccccc6)CC5)C(=O)N4C3)cc(-c3nc(C(C)C)cs3)nc2c1C. The van der Waals surface area contributed by atoms with Gasteiger partial charge >= 0.3 is 6.03 Å². The molecule has 0 bridgehead atoms. The van der Waals surface area contributed by atoms with E-state index in [1.807, 2.05) is 60.9 Å². The van der Waals surface area contributed by atoms with E-state index in [4.69, 9.17) is 19.4 Å². The highest BCUT2D eigenvalue weighted by Gasteiger charge is 2.62. The molecular formula is C50H61N7O8S2. The Morgan fingerprint density at radius 1 is 0.970 bits per heavy atom. The number of pyridine rings is 1. The molecule has 0 radical (unpaired) electrons. The van der Waals surface area contributed by atoms with E-state index in [0.717, 1.165) is 41.9 Å². The number of ether oxygens (including phenoxy) is 2. The number of rotatable bonds is 10. The first-order valence-electron chi connectivity index (χ1n) is 23.8. The predicted molar refractivity (Wildman–Crippen MR) is 256 cm³/mol. The van der Waals surface area contributed by atoms with Gasteiger partial charge in [-0.15, -0.1) is 11.3 Å². The number of nitrogens with zero attached hydrogens (tertiary/aromatic N) is 4. The third kappa shape index (κ3) is 9.90. The van der Waals surface area contributed by atoms with E-state index in [2.05, 4.69) is 41.3 Å². The third-order valence-corrected chi connectivity index (χ3v) is 16.9. The molecule has 0 spiro atoms. The molecule has 5 amide bonds. The highest BCUT2D eigenvalue weighted by atomic mass is 32.2. The molecular weight excluding hydrogens is 891 g/mol. The van der Waals surface area contributed by atoms with Gasteiger partial charge in [-0.25, -0.2) is 23.2 Å². The number of hydrogen-bond acceptors (Lipinski definition) is 11. The van der Waals surface area contributed by atoms with Crippen LogP contribution in [0, 0.1) is 12.8 Å². The topological polar surface area (TPSA) is 189 Å². The van der Waals surface area contributed by atoms with Crippen LogP contribution in [-0.2, 0) is 24.4 Å².